The number of halogens is 4. The van der Waals surface area contributed by atoms with Gasteiger partial charge in [-0.1, -0.05) is 11.6 Å². The fourth-order valence-corrected chi connectivity index (χ4v) is 6.61. The lowest BCUT2D eigenvalue weighted by molar-refractivity contribution is -0.274. The molecule has 2 N–H and O–H groups in total. The summed E-state index contributed by atoms with van der Waals surface area (Å²) >= 11 is 5.96. The van der Waals surface area contributed by atoms with Crippen molar-refractivity contribution >= 4 is 38.4 Å². The van der Waals surface area contributed by atoms with Crippen LogP contribution in [-0.4, -0.2) is 53.8 Å². The van der Waals surface area contributed by atoms with E-state index in [1.807, 2.05) is 0 Å². The van der Waals surface area contributed by atoms with Crippen LogP contribution in [-0.2, 0) is 10.0 Å². The molecule has 3 aromatic rings. The van der Waals surface area contributed by atoms with Gasteiger partial charge in [0.25, 0.3) is 5.91 Å². The number of aromatic nitrogens is 2. The molecular weight excluding hydrogens is 497 g/mol. The Hall–Kier alpha value is -2.83. The van der Waals surface area contributed by atoms with E-state index >= 15 is 0 Å². The summed E-state index contributed by atoms with van der Waals surface area (Å²) < 4.78 is 68.3. The number of H-pyrrole nitrogens is 1. The quantitative estimate of drug-likeness (QED) is 0.540. The number of ether oxygens (including phenoxy) is 1. The number of hydrogen-bond acceptors (Lipinski definition) is 5. The minimum absolute atomic E-state index is 0.0868. The Morgan fingerprint density at radius 3 is 2.56 bits per heavy atom. The van der Waals surface area contributed by atoms with Crippen molar-refractivity contribution in [2.24, 2.45) is 5.92 Å². The van der Waals surface area contributed by atoms with Crippen LogP contribution >= 0.6 is 11.6 Å². The highest BCUT2D eigenvalue weighted by molar-refractivity contribution is 7.89. The Morgan fingerprint density at radius 2 is 1.91 bits per heavy atom. The first kappa shape index (κ1) is 22.9. The maximum Gasteiger partial charge on any atom is 0.573 e. The highest BCUT2D eigenvalue weighted by Crippen LogP contribution is 2.41. The predicted octanol–water partition coefficient (Wildman–Crippen LogP) is 3.70. The van der Waals surface area contributed by atoms with Crippen LogP contribution < -0.4 is 10.1 Å². The molecule has 1 aliphatic carbocycles. The lowest BCUT2D eigenvalue weighted by atomic mass is 10.0. The molecule has 5 rings (SSSR count). The summed E-state index contributed by atoms with van der Waals surface area (Å²) in [6, 6.07) is 8.63. The van der Waals surface area contributed by atoms with Crippen LogP contribution in [0.1, 0.15) is 23.3 Å². The number of nitrogens with zero attached hydrogens (tertiary/aromatic N) is 2. The van der Waals surface area contributed by atoms with E-state index in [0.29, 0.717) is 28.8 Å². The molecule has 2 fully saturated rings. The fourth-order valence-electron chi connectivity index (χ4n) is 4.73. The number of benzene rings is 2. The first-order valence-electron chi connectivity index (χ1n) is 10.3. The normalized spacial score (nSPS) is 22.9. The van der Waals surface area contributed by atoms with Gasteiger partial charge in [-0.25, -0.2) is 8.42 Å². The molecule has 180 valence electrons. The SMILES string of the molecule is O=C(N[C@@H]1C[C@H]2C[C@H]1CN2S(=O)(=O)c1ccc(OC(F)(F)F)cc1)c1n[nH]c2cc(Cl)ccc12. The van der Waals surface area contributed by atoms with E-state index in [1.54, 1.807) is 18.2 Å². The molecule has 2 heterocycles. The molecule has 3 atom stereocenters. The number of sulfonamides is 1. The lowest BCUT2D eigenvalue weighted by Gasteiger charge is -2.31. The highest BCUT2D eigenvalue weighted by atomic mass is 35.5. The van der Waals surface area contributed by atoms with Crippen molar-refractivity contribution in [1.29, 1.82) is 0 Å². The molecule has 1 aromatic heterocycles. The van der Waals surface area contributed by atoms with Crippen LogP contribution in [0.25, 0.3) is 10.9 Å². The molecule has 0 spiro atoms. The van der Waals surface area contributed by atoms with Crippen molar-refractivity contribution in [2.75, 3.05) is 6.54 Å². The molecule has 1 saturated heterocycles. The van der Waals surface area contributed by atoms with E-state index in [0.717, 1.165) is 24.3 Å². The second-order valence-electron chi connectivity index (χ2n) is 8.32. The van der Waals surface area contributed by atoms with Crippen molar-refractivity contribution in [2.45, 2.75) is 36.2 Å². The molecular formula is C21H18ClF3N4O4S. The Kier molecular flexibility index (Phi) is 5.49. The summed E-state index contributed by atoms with van der Waals surface area (Å²) in [6.07, 6.45) is -3.85. The molecule has 2 aliphatic rings. The van der Waals surface area contributed by atoms with Crippen molar-refractivity contribution in [3.8, 4) is 5.75 Å². The largest absolute Gasteiger partial charge is 0.573 e. The number of aromatic amines is 1. The van der Waals surface area contributed by atoms with Crippen molar-refractivity contribution in [3.05, 3.63) is 53.2 Å². The highest BCUT2D eigenvalue weighted by Gasteiger charge is 2.50. The van der Waals surface area contributed by atoms with Gasteiger partial charge in [-0.15, -0.1) is 13.2 Å². The molecule has 8 nitrogen and oxygen atoms in total. The molecule has 2 aromatic carbocycles. The smallest absolute Gasteiger partial charge is 0.406 e. The van der Waals surface area contributed by atoms with Crippen molar-refractivity contribution in [3.63, 3.8) is 0 Å². The van der Waals surface area contributed by atoms with Crippen LogP contribution in [0.3, 0.4) is 0 Å². The van der Waals surface area contributed by atoms with Crippen LogP contribution in [0.15, 0.2) is 47.4 Å². The number of carbonyl (C=O) groups excluding carboxylic acids is 1. The molecule has 34 heavy (non-hydrogen) atoms. The van der Waals surface area contributed by atoms with Gasteiger partial charge >= 0.3 is 6.36 Å². The van der Waals surface area contributed by atoms with Crippen LogP contribution in [0, 0.1) is 5.92 Å². The van der Waals surface area contributed by atoms with Gasteiger partial charge in [0.1, 0.15) is 5.75 Å². The zero-order chi connectivity index (χ0) is 24.3. The van der Waals surface area contributed by atoms with E-state index in [2.05, 4.69) is 20.3 Å². The summed E-state index contributed by atoms with van der Waals surface area (Å²) in [7, 11) is -3.90. The van der Waals surface area contributed by atoms with E-state index in [1.165, 1.54) is 4.31 Å². The van der Waals surface area contributed by atoms with E-state index in [9.17, 15) is 26.4 Å². The summed E-state index contributed by atoms with van der Waals surface area (Å²) in [5.74, 6) is -0.942. The topological polar surface area (TPSA) is 104 Å². The maximum atomic E-state index is 13.1. The third kappa shape index (κ3) is 4.21. The number of fused-ring (bicyclic) bond motifs is 3. The Bertz CT molecular complexity index is 1360. The van der Waals surface area contributed by atoms with Gasteiger partial charge in [-0.3, -0.25) is 9.89 Å². The van der Waals surface area contributed by atoms with Gasteiger partial charge in [0.15, 0.2) is 5.69 Å². The third-order valence-electron chi connectivity index (χ3n) is 6.21. The number of piperidine rings is 1. The second kappa shape index (κ2) is 8.14. The monoisotopic (exact) mass is 514 g/mol. The Morgan fingerprint density at radius 1 is 1.18 bits per heavy atom. The number of nitrogens with one attached hydrogen (secondary N) is 2. The number of amides is 1. The van der Waals surface area contributed by atoms with Gasteiger partial charge in [0.2, 0.25) is 10.0 Å². The number of hydrogen-bond donors (Lipinski definition) is 2. The number of alkyl halides is 3. The third-order valence-corrected chi connectivity index (χ3v) is 8.38. The molecule has 1 amide bonds. The minimum Gasteiger partial charge on any atom is -0.406 e. The zero-order valence-electron chi connectivity index (χ0n) is 17.3. The molecule has 1 saturated carbocycles. The zero-order valence-corrected chi connectivity index (χ0v) is 18.9. The maximum absolute atomic E-state index is 13.1. The first-order valence-corrected chi connectivity index (χ1v) is 12.2. The number of rotatable bonds is 5. The Balaban J connectivity index is 1.26. The summed E-state index contributed by atoms with van der Waals surface area (Å²) in [5, 5.41) is 11.0. The lowest BCUT2D eigenvalue weighted by Crippen LogP contribution is -2.47. The molecule has 13 heteroatoms. The Labute approximate surface area is 197 Å². The van der Waals surface area contributed by atoms with E-state index in [4.69, 9.17) is 11.6 Å². The second-order valence-corrected chi connectivity index (χ2v) is 10.6. The molecule has 0 radical (unpaired) electrons. The number of carbonyl (C=O) groups is 1. The van der Waals surface area contributed by atoms with Gasteiger partial charge < -0.3 is 10.1 Å². The molecule has 1 aliphatic heterocycles. The van der Waals surface area contributed by atoms with Crippen LogP contribution in [0.5, 0.6) is 5.75 Å². The molecule has 2 bridgehead atoms. The van der Waals surface area contributed by atoms with Gasteiger partial charge in [-0.2, -0.15) is 9.40 Å². The average Bonchev–Trinajstić information content (AvgIpc) is 3.46. The summed E-state index contributed by atoms with van der Waals surface area (Å²) in [5.41, 5.74) is 0.870. The van der Waals surface area contributed by atoms with Crippen LogP contribution in [0.4, 0.5) is 13.2 Å². The fraction of sp³-hybridized carbons (Fsp3) is 0.333. The minimum atomic E-state index is -4.86. The predicted molar refractivity (Wildman–Crippen MR) is 116 cm³/mol. The van der Waals surface area contributed by atoms with Crippen LogP contribution in [0.2, 0.25) is 5.02 Å². The average molecular weight is 515 g/mol. The van der Waals surface area contributed by atoms with Gasteiger partial charge in [0.05, 0.1) is 10.4 Å². The summed E-state index contributed by atoms with van der Waals surface area (Å²) in [4.78, 5) is 12.7. The van der Waals surface area contributed by atoms with Crippen molar-refractivity contribution in [1.82, 2.24) is 19.8 Å². The standard InChI is InChI=1S/C21H18ClF3N4O4S/c22-12-1-6-16-18(8-12)27-28-19(16)20(30)26-17-9-13-7-11(17)10-29(13)34(31,32)15-4-2-14(3-5-15)33-21(23,24)25/h1-6,8,11,13,17H,7,9-10H2,(H,26,30)(H,27,28)/t11-,13+,17+/m0/s1. The van der Waals surface area contributed by atoms with Crippen molar-refractivity contribution < 1.29 is 31.1 Å². The van der Waals surface area contributed by atoms with Gasteiger partial charge in [-0.05, 0) is 61.2 Å². The molecule has 0 unspecified atom stereocenters. The van der Waals surface area contributed by atoms with Gasteiger partial charge in [0, 0.05) is 29.0 Å². The summed E-state index contributed by atoms with van der Waals surface area (Å²) in [6.45, 7) is 0.204. The van der Waals surface area contributed by atoms with E-state index < -0.39 is 22.1 Å². The first-order chi connectivity index (χ1) is 16.0. The van der Waals surface area contributed by atoms with E-state index in [-0.39, 0.29) is 41.0 Å².